The fourth-order valence-electron chi connectivity index (χ4n) is 2.41. The summed E-state index contributed by atoms with van der Waals surface area (Å²) in [6, 6.07) is 7.93. The molecule has 114 valence electrons. The van der Waals surface area contributed by atoms with Gasteiger partial charge in [0.25, 0.3) is 0 Å². The van der Waals surface area contributed by atoms with Gasteiger partial charge in [0.15, 0.2) is 5.82 Å². The largest absolute Gasteiger partial charge is 0.450 e. The number of alkyl carbamates (subject to hydrolysis) is 1. The molecule has 1 unspecified atom stereocenters. The minimum Gasteiger partial charge on any atom is -0.450 e. The van der Waals surface area contributed by atoms with E-state index in [4.69, 9.17) is 4.74 Å². The van der Waals surface area contributed by atoms with Crippen LogP contribution in [-0.2, 0) is 4.74 Å². The van der Waals surface area contributed by atoms with E-state index in [0.717, 1.165) is 16.5 Å². The van der Waals surface area contributed by atoms with Crippen LogP contribution >= 0.6 is 0 Å². The van der Waals surface area contributed by atoms with Crippen molar-refractivity contribution in [1.82, 2.24) is 30.9 Å². The normalized spacial score (nSPS) is 12.2. The van der Waals surface area contributed by atoms with Crippen molar-refractivity contribution in [1.29, 1.82) is 0 Å². The van der Waals surface area contributed by atoms with Gasteiger partial charge in [-0.2, -0.15) is 5.21 Å². The molecule has 0 aliphatic rings. The number of aromatic amines is 2. The monoisotopic (exact) mass is 300 g/mol. The summed E-state index contributed by atoms with van der Waals surface area (Å²) in [7, 11) is 0. The molecule has 8 nitrogen and oxygen atoms in total. The molecule has 3 rings (SSSR count). The SMILES string of the molecule is CCOC(=O)NCC(c1nn[nH]n1)c1c[nH]c2ccccc12. The Bertz CT molecular complexity index is 752. The Kier molecular flexibility index (Phi) is 3.99. The molecule has 3 N–H and O–H groups in total. The highest BCUT2D eigenvalue weighted by Gasteiger charge is 2.22. The summed E-state index contributed by atoms with van der Waals surface area (Å²) < 4.78 is 4.89. The number of benzene rings is 1. The van der Waals surface area contributed by atoms with E-state index in [1.807, 2.05) is 30.5 Å². The summed E-state index contributed by atoms with van der Waals surface area (Å²) in [5.74, 6) is 0.292. The first-order valence-electron chi connectivity index (χ1n) is 6.99. The second-order valence-corrected chi connectivity index (χ2v) is 4.71. The Labute approximate surface area is 126 Å². The van der Waals surface area contributed by atoms with Gasteiger partial charge in [0.2, 0.25) is 0 Å². The van der Waals surface area contributed by atoms with Crippen LogP contribution in [0.3, 0.4) is 0 Å². The highest BCUT2D eigenvalue weighted by atomic mass is 16.5. The molecular formula is C14H16N6O2. The van der Waals surface area contributed by atoms with E-state index in [9.17, 15) is 4.79 Å². The van der Waals surface area contributed by atoms with Crippen LogP contribution in [0, 0.1) is 0 Å². The Morgan fingerprint density at radius 1 is 1.41 bits per heavy atom. The molecule has 0 saturated carbocycles. The lowest BCUT2D eigenvalue weighted by Crippen LogP contribution is -2.29. The molecule has 3 aromatic rings. The maximum Gasteiger partial charge on any atom is 0.407 e. The molecule has 1 aromatic carbocycles. The minimum atomic E-state index is -0.462. The van der Waals surface area contributed by atoms with E-state index in [-0.39, 0.29) is 5.92 Å². The molecule has 0 saturated heterocycles. The maximum atomic E-state index is 11.5. The molecule has 2 aromatic heterocycles. The van der Waals surface area contributed by atoms with Gasteiger partial charge < -0.3 is 15.0 Å². The molecule has 0 spiro atoms. The summed E-state index contributed by atoms with van der Waals surface area (Å²) in [5, 5.41) is 17.9. The molecular weight excluding hydrogens is 284 g/mol. The van der Waals surface area contributed by atoms with Gasteiger partial charge in [-0.1, -0.05) is 23.4 Å². The molecule has 0 aliphatic carbocycles. The third-order valence-corrected chi connectivity index (χ3v) is 3.40. The van der Waals surface area contributed by atoms with E-state index < -0.39 is 6.09 Å². The van der Waals surface area contributed by atoms with Crippen molar-refractivity contribution < 1.29 is 9.53 Å². The number of carbonyl (C=O) groups excluding carboxylic acids is 1. The molecule has 1 atom stereocenters. The van der Waals surface area contributed by atoms with Gasteiger partial charge in [0.1, 0.15) is 0 Å². The van der Waals surface area contributed by atoms with E-state index in [1.54, 1.807) is 6.92 Å². The number of ether oxygens (including phenoxy) is 1. The summed E-state index contributed by atoms with van der Waals surface area (Å²) in [6.45, 7) is 2.40. The number of rotatable bonds is 5. The molecule has 22 heavy (non-hydrogen) atoms. The highest BCUT2D eigenvalue weighted by Crippen LogP contribution is 2.28. The molecule has 0 aliphatic heterocycles. The zero-order chi connectivity index (χ0) is 15.4. The number of para-hydroxylation sites is 1. The Morgan fingerprint density at radius 2 is 2.27 bits per heavy atom. The molecule has 0 bridgehead atoms. The standard InChI is InChI=1S/C14H16N6O2/c1-2-22-14(21)16-8-11(13-17-19-20-18-13)10-7-15-12-6-4-3-5-9(10)12/h3-7,11,15H,2,8H2,1H3,(H,16,21)(H,17,18,19,20). The van der Waals surface area contributed by atoms with Crippen molar-refractivity contribution in [2.24, 2.45) is 0 Å². The number of nitrogens with zero attached hydrogens (tertiary/aromatic N) is 3. The van der Waals surface area contributed by atoms with E-state index >= 15 is 0 Å². The quantitative estimate of drug-likeness (QED) is 0.662. The van der Waals surface area contributed by atoms with Crippen molar-refractivity contribution in [2.45, 2.75) is 12.8 Å². The minimum absolute atomic E-state index is 0.223. The molecule has 0 radical (unpaired) electrons. The number of hydrogen-bond acceptors (Lipinski definition) is 5. The lowest BCUT2D eigenvalue weighted by molar-refractivity contribution is 0.152. The van der Waals surface area contributed by atoms with Gasteiger partial charge in [-0.3, -0.25) is 0 Å². The number of fused-ring (bicyclic) bond motifs is 1. The Morgan fingerprint density at radius 3 is 3.05 bits per heavy atom. The fraction of sp³-hybridized carbons (Fsp3) is 0.286. The smallest absolute Gasteiger partial charge is 0.407 e. The third-order valence-electron chi connectivity index (χ3n) is 3.40. The Balaban J connectivity index is 1.90. The average molecular weight is 300 g/mol. The zero-order valence-electron chi connectivity index (χ0n) is 12.0. The number of tetrazole rings is 1. The molecule has 0 fully saturated rings. The van der Waals surface area contributed by atoms with Crippen LogP contribution in [0.4, 0.5) is 4.79 Å². The van der Waals surface area contributed by atoms with Crippen molar-refractivity contribution in [3.8, 4) is 0 Å². The summed E-state index contributed by atoms with van der Waals surface area (Å²) in [6.07, 6.45) is 1.44. The number of carbonyl (C=O) groups is 1. The molecule has 8 heteroatoms. The van der Waals surface area contributed by atoms with Crippen molar-refractivity contribution in [3.05, 3.63) is 41.9 Å². The first-order valence-corrected chi connectivity index (χ1v) is 6.99. The van der Waals surface area contributed by atoms with E-state index in [1.165, 1.54) is 0 Å². The van der Waals surface area contributed by atoms with E-state index in [2.05, 4.69) is 30.9 Å². The maximum absolute atomic E-state index is 11.5. The zero-order valence-corrected chi connectivity index (χ0v) is 12.0. The highest BCUT2D eigenvalue weighted by molar-refractivity contribution is 5.84. The van der Waals surface area contributed by atoms with Crippen LogP contribution in [0.15, 0.2) is 30.5 Å². The molecule has 1 amide bonds. The van der Waals surface area contributed by atoms with Gasteiger partial charge in [0, 0.05) is 23.6 Å². The topological polar surface area (TPSA) is 109 Å². The van der Waals surface area contributed by atoms with Gasteiger partial charge in [-0.15, -0.1) is 10.2 Å². The van der Waals surface area contributed by atoms with Crippen LogP contribution in [0.1, 0.15) is 24.2 Å². The first-order chi connectivity index (χ1) is 10.8. The van der Waals surface area contributed by atoms with Crippen LogP contribution in [0.2, 0.25) is 0 Å². The Hall–Kier alpha value is -2.90. The van der Waals surface area contributed by atoms with Crippen LogP contribution in [0.25, 0.3) is 10.9 Å². The van der Waals surface area contributed by atoms with Crippen molar-refractivity contribution in [2.75, 3.05) is 13.2 Å². The first kappa shape index (κ1) is 14.1. The number of H-pyrrole nitrogens is 2. The van der Waals surface area contributed by atoms with Crippen molar-refractivity contribution >= 4 is 17.0 Å². The number of hydrogen-bond donors (Lipinski definition) is 3. The van der Waals surface area contributed by atoms with Crippen LogP contribution in [0.5, 0.6) is 0 Å². The summed E-state index contributed by atoms with van der Waals surface area (Å²) in [5.41, 5.74) is 2.01. The predicted molar refractivity (Wildman–Crippen MR) is 79.3 cm³/mol. The number of aromatic nitrogens is 5. The fourth-order valence-corrected chi connectivity index (χ4v) is 2.41. The van der Waals surface area contributed by atoms with Gasteiger partial charge in [0.05, 0.1) is 12.5 Å². The predicted octanol–water partition coefficient (Wildman–Crippen LogP) is 1.56. The van der Waals surface area contributed by atoms with Crippen LogP contribution in [-0.4, -0.2) is 44.9 Å². The van der Waals surface area contributed by atoms with Gasteiger partial charge >= 0.3 is 6.09 Å². The second-order valence-electron chi connectivity index (χ2n) is 4.71. The lowest BCUT2D eigenvalue weighted by atomic mass is 9.98. The third kappa shape index (κ3) is 2.76. The summed E-state index contributed by atoms with van der Waals surface area (Å²) in [4.78, 5) is 14.8. The summed E-state index contributed by atoms with van der Waals surface area (Å²) >= 11 is 0. The van der Waals surface area contributed by atoms with Crippen molar-refractivity contribution in [3.63, 3.8) is 0 Å². The number of nitrogens with one attached hydrogen (secondary N) is 3. The van der Waals surface area contributed by atoms with Gasteiger partial charge in [-0.25, -0.2) is 4.79 Å². The lowest BCUT2D eigenvalue weighted by Gasteiger charge is -2.13. The van der Waals surface area contributed by atoms with Crippen LogP contribution < -0.4 is 5.32 Å². The molecule has 2 heterocycles. The van der Waals surface area contributed by atoms with E-state index in [0.29, 0.717) is 19.0 Å². The van der Waals surface area contributed by atoms with Gasteiger partial charge in [-0.05, 0) is 18.6 Å². The second kappa shape index (κ2) is 6.25. The average Bonchev–Trinajstić information content (AvgIpc) is 3.18. The number of amides is 1.